The molecule has 21 heavy (non-hydrogen) atoms. The van der Waals surface area contributed by atoms with Crippen LogP contribution in [-0.2, 0) is 22.3 Å². The van der Waals surface area contributed by atoms with E-state index in [0.717, 1.165) is 4.31 Å². The van der Waals surface area contributed by atoms with Gasteiger partial charge in [0.15, 0.2) is 0 Å². The number of thiazole rings is 1. The largest absolute Gasteiger partial charge is 0.273 e. The minimum Gasteiger partial charge on any atom is -0.258 e. The number of nitro groups is 1. The standard InChI is InChI=1S/C12H13N3O4S2/c1-14(8-12-13-6-7-20-12)21(18,19)9-10-4-2-3-5-11(10)15(16)17/h2-7H,8-9H2,1H3. The molecular weight excluding hydrogens is 314 g/mol. The molecule has 0 aliphatic carbocycles. The molecule has 7 nitrogen and oxygen atoms in total. The third-order valence-corrected chi connectivity index (χ3v) is 5.36. The maximum Gasteiger partial charge on any atom is 0.273 e. The van der Waals surface area contributed by atoms with Crippen molar-refractivity contribution in [2.45, 2.75) is 12.3 Å². The quantitative estimate of drug-likeness (QED) is 0.597. The van der Waals surface area contributed by atoms with Crippen LogP contribution in [0, 0.1) is 10.1 Å². The van der Waals surface area contributed by atoms with E-state index in [-0.39, 0.29) is 17.8 Å². The summed E-state index contributed by atoms with van der Waals surface area (Å²) in [5.74, 6) is -0.411. The number of aromatic nitrogens is 1. The fraction of sp³-hybridized carbons (Fsp3) is 0.250. The van der Waals surface area contributed by atoms with Crippen molar-refractivity contribution in [1.82, 2.24) is 9.29 Å². The fourth-order valence-electron chi connectivity index (χ4n) is 1.74. The monoisotopic (exact) mass is 327 g/mol. The Morgan fingerprint density at radius 3 is 2.71 bits per heavy atom. The Hall–Kier alpha value is -1.84. The van der Waals surface area contributed by atoms with E-state index < -0.39 is 20.7 Å². The lowest BCUT2D eigenvalue weighted by Crippen LogP contribution is -2.27. The van der Waals surface area contributed by atoms with Gasteiger partial charge < -0.3 is 0 Å². The molecule has 1 aromatic heterocycles. The average Bonchev–Trinajstić information content (AvgIpc) is 2.91. The van der Waals surface area contributed by atoms with Crippen molar-refractivity contribution >= 4 is 27.0 Å². The second kappa shape index (κ2) is 6.29. The van der Waals surface area contributed by atoms with Gasteiger partial charge in [0.1, 0.15) is 5.01 Å². The smallest absolute Gasteiger partial charge is 0.258 e. The molecule has 2 rings (SSSR count). The Morgan fingerprint density at radius 2 is 2.10 bits per heavy atom. The summed E-state index contributed by atoms with van der Waals surface area (Å²) < 4.78 is 25.7. The second-order valence-corrected chi connectivity index (χ2v) is 7.38. The zero-order valence-electron chi connectivity index (χ0n) is 11.2. The molecule has 0 radical (unpaired) electrons. The first kappa shape index (κ1) is 15.5. The first-order valence-corrected chi connectivity index (χ1v) is 8.44. The van der Waals surface area contributed by atoms with E-state index >= 15 is 0 Å². The highest BCUT2D eigenvalue weighted by molar-refractivity contribution is 7.88. The van der Waals surface area contributed by atoms with Crippen LogP contribution in [0.2, 0.25) is 0 Å². The van der Waals surface area contributed by atoms with Crippen LogP contribution in [0.15, 0.2) is 35.8 Å². The molecule has 1 heterocycles. The van der Waals surface area contributed by atoms with E-state index in [1.165, 1.54) is 36.6 Å². The van der Waals surface area contributed by atoms with Gasteiger partial charge in [-0.3, -0.25) is 10.1 Å². The van der Waals surface area contributed by atoms with Gasteiger partial charge >= 0.3 is 0 Å². The highest BCUT2D eigenvalue weighted by Gasteiger charge is 2.24. The van der Waals surface area contributed by atoms with E-state index in [0.29, 0.717) is 5.01 Å². The van der Waals surface area contributed by atoms with Gasteiger partial charge in [-0.2, -0.15) is 4.31 Å². The van der Waals surface area contributed by atoms with E-state index in [1.54, 1.807) is 17.6 Å². The van der Waals surface area contributed by atoms with E-state index in [4.69, 9.17) is 0 Å². The lowest BCUT2D eigenvalue weighted by molar-refractivity contribution is -0.385. The van der Waals surface area contributed by atoms with Crippen molar-refractivity contribution in [3.05, 3.63) is 56.5 Å². The van der Waals surface area contributed by atoms with Crippen molar-refractivity contribution in [1.29, 1.82) is 0 Å². The maximum absolute atomic E-state index is 12.3. The molecule has 2 aromatic rings. The number of para-hydroxylation sites is 1. The molecule has 0 fully saturated rings. The highest BCUT2D eigenvalue weighted by atomic mass is 32.2. The van der Waals surface area contributed by atoms with Crippen molar-refractivity contribution < 1.29 is 13.3 Å². The molecule has 1 aromatic carbocycles. The predicted octanol–water partition coefficient (Wildman–Crippen LogP) is 2.01. The first-order chi connectivity index (χ1) is 9.90. The van der Waals surface area contributed by atoms with Crippen LogP contribution in [0.5, 0.6) is 0 Å². The number of rotatable bonds is 6. The third kappa shape index (κ3) is 3.84. The van der Waals surface area contributed by atoms with Gasteiger partial charge in [-0.25, -0.2) is 13.4 Å². The van der Waals surface area contributed by atoms with E-state index in [2.05, 4.69) is 4.98 Å². The maximum atomic E-state index is 12.3. The highest BCUT2D eigenvalue weighted by Crippen LogP contribution is 2.22. The lowest BCUT2D eigenvalue weighted by Gasteiger charge is -2.15. The number of hydrogen-bond acceptors (Lipinski definition) is 6. The Kier molecular flexibility index (Phi) is 4.66. The minimum absolute atomic E-state index is 0.153. The normalized spacial score (nSPS) is 11.7. The number of nitro benzene ring substituents is 1. The van der Waals surface area contributed by atoms with E-state index in [9.17, 15) is 18.5 Å². The molecule has 0 aliphatic rings. The van der Waals surface area contributed by atoms with Crippen molar-refractivity contribution in [2.24, 2.45) is 0 Å². The summed E-state index contributed by atoms with van der Waals surface area (Å²) in [6.45, 7) is 0.153. The fourth-order valence-corrected chi connectivity index (χ4v) is 3.66. The van der Waals surface area contributed by atoms with Gasteiger partial charge in [0.25, 0.3) is 5.69 Å². The van der Waals surface area contributed by atoms with Gasteiger partial charge in [-0.05, 0) is 0 Å². The molecule has 0 unspecified atom stereocenters. The number of sulfonamides is 1. The van der Waals surface area contributed by atoms with Crippen LogP contribution in [0.3, 0.4) is 0 Å². The summed E-state index contributed by atoms with van der Waals surface area (Å²) in [7, 11) is -2.21. The third-order valence-electron chi connectivity index (χ3n) is 2.84. The van der Waals surface area contributed by atoms with Crippen LogP contribution >= 0.6 is 11.3 Å². The molecule has 0 bridgehead atoms. The molecule has 0 saturated heterocycles. The van der Waals surface area contributed by atoms with E-state index in [1.807, 2.05) is 0 Å². The summed E-state index contributed by atoms with van der Waals surface area (Å²) in [5, 5.41) is 13.4. The summed E-state index contributed by atoms with van der Waals surface area (Å²) in [6.07, 6.45) is 1.60. The molecule has 112 valence electrons. The van der Waals surface area contributed by atoms with Crippen molar-refractivity contribution in [3.63, 3.8) is 0 Å². The molecule has 0 atom stereocenters. The number of hydrogen-bond donors (Lipinski definition) is 0. The van der Waals surface area contributed by atoms with Gasteiger partial charge in [-0.15, -0.1) is 11.3 Å². The zero-order valence-corrected chi connectivity index (χ0v) is 12.8. The van der Waals surface area contributed by atoms with Crippen LogP contribution < -0.4 is 0 Å². The summed E-state index contributed by atoms with van der Waals surface area (Å²) in [5.41, 5.74) is -0.0165. The molecule has 0 aliphatic heterocycles. The van der Waals surface area contributed by atoms with Gasteiger partial charge in [0.05, 0.1) is 17.2 Å². The van der Waals surface area contributed by atoms with Crippen LogP contribution in [0.4, 0.5) is 5.69 Å². The predicted molar refractivity (Wildman–Crippen MR) is 79.3 cm³/mol. The molecule has 0 N–H and O–H groups in total. The lowest BCUT2D eigenvalue weighted by atomic mass is 10.2. The average molecular weight is 327 g/mol. The topological polar surface area (TPSA) is 93.4 Å². The summed E-state index contributed by atoms with van der Waals surface area (Å²) in [6, 6.07) is 5.84. The van der Waals surface area contributed by atoms with Crippen LogP contribution in [0.1, 0.15) is 10.6 Å². The van der Waals surface area contributed by atoms with Gasteiger partial charge in [-0.1, -0.05) is 18.2 Å². The zero-order chi connectivity index (χ0) is 15.5. The second-order valence-electron chi connectivity index (χ2n) is 4.32. The molecule has 0 spiro atoms. The van der Waals surface area contributed by atoms with Crippen molar-refractivity contribution in [2.75, 3.05) is 7.05 Å². The molecule has 0 saturated carbocycles. The molecule has 9 heteroatoms. The summed E-state index contributed by atoms with van der Waals surface area (Å²) >= 11 is 1.36. The molecular formula is C12H13N3O4S2. The summed E-state index contributed by atoms with van der Waals surface area (Å²) in [4.78, 5) is 14.4. The van der Waals surface area contributed by atoms with Gasteiger partial charge in [0.2, 0.25) is 10.0 Å². The van der Waals surface area contributed by atoms with Crippen LogP contribution in [-0.4, -0.2) is 29.7 Å². The van der Waals surface area contributed by atoms with Crippen molar-refractivity contribution in [3.8, 4) is 0 Å². The Balaban J connectivity index is 2.19. The molecule has 0 amide bonds. The Bertz CT molecular complexity index is 729. The van der Waals surface area contributed by atoms with Gasteiger partial charge in [0, 0.05) is 30.3 Å². The Morgan fingerprint density at radius 1 is 1.38 bits per heavy atom. The first-order valence-electron chi connectivity index (χ1n) is 5.95. The van der Waals surface area contributed by atoms with Crippen LogP contribution in [0.25, 0.3) is 0 Å². The number of benzene rings is 1. The SMILES string of the molecule is CN(Cc1nccs1)S(=O)(=O)Cc1ccccc1[N+](=O)[O-]. The minimum atomic E-state index is -3.65. The number of nitrogens with zero attached hydrogens (tertiary/aromatic N) is 3. The Labute approximate surface area is 126 Å².